The van der Waals surface area contributed by atoms with Crippen molar-refractivity contribution >= 4 is 26.5 Å². The summed E-state index contributed by atoms with van der Waals surface area (Å²) >= 11 is 0. The zero-order chi connectivity index (χ0) is 20.4. The highest BCUT2D eigenvalue weighted by Crippen LogP contribution is 2.29. The number of pyridine rings is 1. The lowest BCUT2D eigenvalue weighted by Crippen LogP contribution is -2.14. The summed E-state index contributed by atoms with van der Waals surface area (Å²) in [5.41, 5.74) is 0.693. The van der Waals surface area contributed by atoms with E-state index in [9.17, 15) is 12.8 Å². The predicted octanol–water partition coefficient (Wildman–Crippen LogP) is 4.51. The van der Waals surface area contributed by atoms with Gasteiger partial charge in [0.15, 0.2) is 0 Å². The first-order valence-electron chi connectivity index (χ1n) is 8.57. The molecule has 0 fully saturated rings. The normalized spacial score (nSPS) is 11.2. The van der Waals surface area contributed by atoms with Crippen LogP contribution in [0.5, 0.6) is 0 Å². The van der Waals surface area contributed by atoms with Crippen LogP contribution < -0.4 is 4.72 Å². The lowest BCUT2D eigenvalue weighted by Gasteiger charge is -2.12. The van der Waals surface area contributed by atoms with Gasteiger partial charge in [0, 0.05) is 17.8 Å². The second-order valence-corrected chi connectivity index (χ2v) is 7.87. The van der Waals surface area contributed by atoms with Gasteiger partial charge in [-0.2, -0.15) is 5.26 Å². The van der Waals surface area contributed by atoms with Gasteiger partial charge in [0.05, 0.1) is 21.8 Å². The number of nitrogens with one attached hydrogen (secondary N) is 1. The van der Waals surface area contributed by atoms with Crippen LogP contribution >= 0.6 is 0 Å². The third-order valence-corrected chi connectivity index (χ3v) is 5.64. The standard InChI is InChI=1S/C22H13FN3O2S/c23-20-13-17(7-8-18(20)14-24)22-21(6-3-11-25-22)26-29(27,28)19-10-9-15-4-1-2-5-16(15)12-19/h1-11,13,26H. The molecule has 3 aromatic carbocycles. The predicted molar refractivity (Wildman–Crippen MR) is 108 cm³/mol. The number of sulfonamides is 1. The van der Waals surface area contributed by atoms with E-state index in [-0.39, 0.29) is 21.8 Å². The van der Waals surface area contributed by atoms with Crippen molar-refractivity contribution in [1.29, 1.82) is 5.26 Å². The first-order valence-corrected chi connectivity index (χ1v) is 10.1. The molecule has 4 rings (SSSR count). The van der Waals surface area contributed by atoms with Crippen LogP contribution in [0.2, 0.25) is 0 Å². The van der Waals surface area contributed by atoms with Crippen LogP contribution in [0.3, 0.4) is 0 Å². The van der Waals surface area contributed by atoms with Crippen LogP contribution in [0.15, 0.2) is 77.8 Å². The van der Waals surface area contributed by atoms with Gasteiger partial charge in [0.25, 0.3) is 10.0 Å². The van der Waals surface area contributed by atoms with Crippen LogP contribution in [-0.2, 0) is 10.0 Å². The quantitative estimate of drug-likeness (QED) is 0.544. The fraction of sp³-hybridized carbons (Fsp3) is 0. The average Bonchev–Trinajstić information content (AvgIpc) is 2.73. The molecule has 1 N–H and O–H groups in total. The molecule has 7 heteroatoms. The average molecular weight is 402 g/mol. The minimum Gasteiger partial charge on any atom is -0.277 e. The summed E-state index contributed by atoms with van der Waals surface area (Å²) in [4.78, 5) is 4.17. The van der Waals surface area contributed by atoms with Gasteiger partial charge in [-0.25, -0.2) is 12.8 Å². The molecule has 1 aromatic heterocycles. The molecule has 5 nitrogen and oxygen atoms in total. The third-order valence-electron chi connectivity index (χ3n) is 4.34. The second kappa shape index (κ2) is 7.34. The summed E-state index contributed by atoms with van der Waals surface area (Å²) in [6, 6.07) is 22.3. The maximum atomic E-state index is 14.0. The molecule has 0 bridgehead atoms. The molecule has 0 saturated carbocycles. The molecule has 0 atom stereocenters. The van der Waals surface area contributed by atoms with Gasteiger partial charge in [0.1, 0.15) is 11.9 Å². The van der Waals surface area contributed by atoms with E-state index in [1.165, 1.54) is 30.5 Å². The Labute approximate surface area is 167 Å². The molecule has 29 heavy (non-hydrogen) atoms. The maximum Gasteiger partial charge on any atom is 0.262 e. The van der Waals surface area contributed by atoms with E-state index in [0.717, 1.165) is 11.5 Å². The zero-order valence-corrected chi connectivity index (χ0v) is 15.7. The Kier molecular flexibility index (Phi) is 4.71. The van der Waals surface area contributed by atoms with Gasteiger partial charge < -0.3 is 0 Å². The Morgan fingerprint density at radius 1 is 1.03 bits per heavy atom. The first-order chi connectivity index (χ1) is 14.0. The van der Waals surface area contributed by atoms with E-state index < -0.39 is 15.8 Å². The number of halogens is 1. The van der Waals surface area contributed by atoms with Gasteiger partial charge in [-0.1, -0.05) is 36.4 Å². The smallest absolute Gasteiger partial charge is 0.262 e. The summed E-state index contributed by atoms with van der Waals surface area (Å²) in [6.45, 7) is 0. The largest absolute Gasteiger partial charge is 0.277 e. The summed E-state index contributed by atoms with van der Waals surface area (Å²) in [5.74, 6) is -0.702. The van der Waals surface area contributed by atoms with Gasteiger partial charge in [0.2, 0.25) is 0 Å². The van der Waals surface area contributed by atoms with Gasteiger partial charge >= 0.3 is 0 Å². The van der Waals surface area contributed by atoms with Crippen LogP contribution in [0.4, 0.5) is 10.1 Å². The van der Waals surface area contributed by atoms with E-state index in [2.05, 4.69) is 15.8 Å². The number of anilines is 1. The highest BCUT2D eigenvalue weighted by Gasteiger charge is 2.18. The second-order valence-electron chi connectivity index (χ2n) is 6.22. The zero-order valence-electron chi connectivity index (χ0n) is 14.9. The fourth-order valence-electron chi connectivity index (χ4n) is 2.92. The fourth-order valence-corrected chi connectivity index (χ4v) is 3.98. The SMILES string of the molecule is N#Cc1ccc(-c2ncccc2NS(=O)(=O)c2[c]c3ccccc3cc2)cc1F. The van der Waals surface area contributed by atoms with Gasteiger partial charge in [-0.3, -0.25) is 9.71 Å². The highest BCUT2D eigenvalue weighted by atomic mass is 32.2. The van der Waals surface area contributed by atoms with Crippen molar-refractivity contribution in [3.63, 3.8) is 0 Å². The molecular formula is C22H13FN3O2S. The molecule has 1 heterocycles. The molecule has 0 unspecified atom stereocenters. The van der Waals surface area contributed by atoms with E-state index in [1.807, 2.05) is 12.1 Å². The molecule has 4 aromatic rings. The minimum absolute atomic E-state index is 0.0167. The summed E-state index contributed by atoms with van der Waals surface area (Å²) in [5, 5.41) is 10.4. The van der Waals surface area contributed by atoms with Gasteiger partial charge in [-0.05, 0) is 41.1 Å². The summed E-state index contributed by atoms with van der Waals surface area (Å²) < 4.78 is 42.3. The summed E-state index contributed by atoms with van der Waals surface area (Å²) in [6.07, 6.45) is 1.48. The van der Waals surface area contributed by atoms with Crippen molar-refractivity contribution in [2.45, 2.75) is 4.90 Å². The molecule has 0 spiro atoms. The lowest BCUT2D eigenvalue weighted by atomic mass is 10.1. The molecule has 0 aliphatic carbocycles. The Balaban J connectivity index is 1.74. The number of rotatable bonds is 4. The number of nitriles is 1. The molecule has 0 aliphatic heterocycles. The van der Waals surface area contributed by atoms with Gasteiger partial charge in [-0.15, -0.1) is 0 Å². The number of fused-ring (bicyclic) bond motifs is 1. The Bertz CT molecular complexity index is 1380. The van der Waals surface area contributed by atoms with Crippen molar-refractivity contribution in [1.82, 2.24) is 4.98 Å². The topological polar surface area (TPSA) is 82.8 Å². The van der Waals surface area contributed by atoms with E-state index in [0.29, 0.717) is 10.9 Å². The number of hydrogen-bond donors (Lipinski definition) is 1. The first kappa shape index (κ1) is 18.6. The van der Waals surface area contributed by atoms with Crippen molar-refractivity contribution < 1.29 is 12.8 Å². The van der Waals surface area contributed by atoms with Crippen molar-refractivity contribution in [2.24, 2.45) is 0 Å². The van der Waals surface area contributed by atoms with Crippen LogP contribution in [-0.4, -0.2) is 13.4 Å². The summed E-state index contributed by atoms with van der Waals surface area (Å²) in [7, 11) is -3.95. The highest BCUT2D eigenvalue weighted by molar-refractivity contribution is 7.92. The Hall–Kier alpha value is -3.76. The van der Waals surface area contributed by atoms with E-state index in [4.69, 9.17) is 5.26 Å². The third kappa shape index (κ3) is 3.66. The lowest BCUT2D eigenvalue weighted by molar-refractivity contribution is 0.601. The molecule has 0 aliphatic rings. The number of hydrogen-bond acceptors (Lipinski definition) is 4. The monoisotopic (exact) mass is 402 g/mol. The van der Waals surface area contributed by atoms with E-state index >= 15 is 0 Å². The van der Waals surface area contributed by atoms with Crippen molar-refractivity contribution in [3.05, 3.63) is 90.4 Å². The van der Waals surface area contributed by atoms with Crippen LogP contribution in [0.1, 0.15) is 5.56 Å². The molecular weight excluding hydrogens is 389 g/mol. The maximum absolute atomic E-state index is 14.0. The van der Waals surface area contributed by atoms with E-state index in [1.54, 1.807) is 30.3 Å². The number of nitrogens with zero attached hydrogens (tertiary/aromatic N) is 2. The van der Waals surface area contributed by atoms with Crippen LogP contribution in [0, 0.1) is 23.2 Å². The molecule has 0 saturated heterocycles. The molecule has 0 amide bonds. The van der Waals surface area contributed by atoms with Crippen molar-refractivity contribution in [3.8, 4) is 17.3 Å². The number of aromatic nitrogens is 1. The van der Waals surface area contributed by atoms with Crippen LogP contribution in [0.25, 0.3) is 22.0 Å². The minimum atomic E-state index is -3.95. The van der Waals surface area contributed by atoms with Crippen molar-refractivity contribution in [2.75, 3.05) is 4.72 Å². The Morgan fingerprint density at radius 2 is 1.86 bits per heavy atom. The molecule has 1 radical (unpaired) electrons. The Morgan fingerprint density at radius 3 is 2.66 bits per heavy atom. The number of benzene rings is 3. The molecule has 141 valence electrons.